The van der Waals surface area contributed by atoms with Gasteiger partial charge in [-0.25, -0.2) is 8.42 Å². The lowest BCUT2D eigenvalue weighted by molar-refractivity contribution is -0.386. The van der Waals surface area contributed by atoms with E-state index >= 15 is 0 Å². The van der Waals surface area contributed by atoms with Crippen molar-refractivity contribution in [1.82, 2.24) is 5.32 Å². The molecule has 0 saturated heterocycles. The second kappa shape index (κ2) is 7.20. The van der Waals surface area contributed by atoms with Gasteiger partial charge in [0.1, 0.15) is 10.6 Å². The summed E-state index contributed by atoms with van der Waals surface area (Å²) >= 11 is 0. The van der Waals surface area contributed by atoms with Gasteiger partial charge in [0, 0.05) is 12.8 Å². The second-order valence-corrected chi connectivity index (χ2v) is 6.30. The normalized spacial score (nSPS) is 11.3. The minimum Gasteiger partial charge on any atom is -0.379 e. The van der Waals surface area contributed by atoms with Crippen LogP contribution in [0, 0.1) is 10.1 Å². The predicted molar refractivity (Wildman–Crippen MR) is 77.9 cm³/mol. The molecule has 0 aliphatic rings. The highest BCUT2D eigenvalue weighted by Crippen LogP contribution is 2.31. The van der Waals surface area contributed by atoms with Gasteiger partial charge in [0.2, 0.25) is 0 Å². The predicted octanol–water partition coefficient (Wildman–Crippen LogP) is 1.41. The van der Waals surface area contributed by atoms with Crippen LogP contribution in [-0.2, 0) is 9.84 Å². The van der Waals surface area contributed by atoms with Crippen LogP contribution in [0.25, 0.3) is 0 Å². The second-order valence-electron chi connectivity index (χ2n) is 4.32. The first-order chi connectivity index (χ1) is 9.38. The fourth-order valence-corrected chi connectivity index (χ4v) is 2.63. The van der Waals surface area contributed by atoms with E-state index in [1.807, 2.05) is 6.92 Å². The topological polar surface area (TPSA) is 101 Å². The quantitative estimate of drug-likeness (QED) is 0.427. The number of rotatable bonds is 8. The molecule has 20 heavy (non-hydrogen) atoms. The van der Waals surface area contributed by atoms with Gasteiger partial charge in [0.05, 0.1) is 4.92 Å². The van der Waals surface area contributed by atoms with E-state index in [4.69, 9.17) is 0 Å². The van der Waals surface area contributed by atoms with Gasteiger partial charge < -0.3 is 10.6 Å². The Morgan fingerprint density at radius 3 is 2.55 bits per heavy atom. The van der Waals surface area contributed by atoms with E-state index in [9.17, 15) is 18.5 Å². The molecule has 0 saturated carbocycles. The Kier molecular flexibility index (Phi) is 5.90. The summed E-state index contributed by atoms with van der Waals surface area (Å²) in [7, 11) is -3.63. The smallest absolute Gasteiger partial charge is 0.310 e. The number of nitrogens with zero attached hydrogens (tertiary/aromatic N) is 1. The first-order valence-electron chi connectivity index (χ1n) is 6.30. The highest BCUT2D eigenvalue weighted by Gasteiger charge is 2.25. The van der Waals surface area contributed by atoms with E-state index in [1.165, 1.54) is 18.2 Å². The van der Waals surface area contributed by atoms with Gasteiger partial charge in [0.15, 0.2) is 9.84 Å². The van der Waals surface area contributed by atoms with E-state index in [0.29, 0.717) is 6.54 Å². The number of nitrogens with one attached hydrogen (secondary N) is 2. The minimum atomic E-state index is -3.63. The van der Waals surface area contributed by atoms with Crippen molar-refractivity contribution >= 4 is 21.2 Å². The molecule has 0 bridgehead atoms. The Balaban J connectivity index is 2.94. The van der Waals surface area contributed by atoms with Gasteiger partial charge in [0.25, 0.3) is 0 Å². The Labute approximate surface area is 118 Å². The van der Waals surface area contributed by atoms with Crippen LogP contribution in [0.2, 0.25) is 0 Å². The number of hydrogen-bond donors (Lipinski definition) is 2. The zero-order chi connectivity index (χ0) is 15.2. The molecular weight excluding hydrogens is 282 g/mol. The van der Waals surface area contributed by atoms with E-state index in [2.05, 4.69) is 10.6 Å². The summed E-state index contributed by atoms with van der Waals surface area (Å²) in [5, 5.41) is 17.2. The molecule has 112 valence electrons. The largest absolute Gasteiger partial charge is 0.379 e. The molecule has 0 heterocycles. The average Bonchev–Trinajstić information content (AvgIpc) is 2.37. The highest BCUT2D eigenvalue weighted by molar-refractivity contribution is 7.90. The molecule has 0 atom stereocenters. The lowest BCUT2D eigenvalue weighted by Crippen LogP contribution is -2.17. The Morgan fingerprint density at radius 2 is 2.00 bits per heavy atom. The van der Waals surface area contributed by atoms with Gasteiger partial charge in [-0.3, -0.25) is 10.1 Å². The number of nitro benzene ring substituents is 1. The maximum atomic E-state index is 11.6. The molecule has 1 aromatic rings. The Hall–Kier alpha value is -1.67. The van der Waals surface area contributed by atoms with E-state index in [0.717, 1.165) is 25.8 Å². The summed E-state index contributed by atoms with van der Waals surface area (Å²) in [6.07, 6.45) is 1.75. The van der Waals surface area contributed by atoms with Crippen molar-refractivity contribution in [3.05, 3.63) is 28.3 Å². The molecule has 0 spiro atoms. The molecule has 1 rings (SSSR count). The lowest BCUT2D eigenvalue weighted by atomic mass is 10.2. The number of benzene rings is 1. The molecule has 0 unspecified atom stereocenters. The monoisotopic (exact) mass is 301 g/mol. The summed E-state index contributed by atoms with van der Waals surface area (Å²) in [5.74, 6) is 0. The Morgan fingerprint density at radius 1 is 1.30 bits per heavy atom. The molecule has 2 N–H and O–H groups in total. The summed E-state index contributed by atoms with van der Waals surface area (Å²) < 4.78 is 23.2. The number of sulfone groups is 1. The van der Waals surface area contributed by atoms with Crippen LogP contribution in [0.3, 0.4) is 0 Å². The molecule has 0 aliphatic carbocycles. The van der Waals surface area contributed by atoms with Crippen LogP contribution in [0.15, 0.2) is 23.1 Å². The number of para-hydroxylation sites is 1. The van der Waals surface area contributed by atoms with Crippen LogP contribution >= 0.6 is 0 Å². The number of anilines is 1. The van der Waals surface area contributed by atoms with E-state index in [1.54, 1.807) is 0 Å². The zero-order valence-corrected chi connectivity index (χ0v) is 12.4. The average molecular weight is 301 g/mol. The number of nitro groups is 1. The maximum Gasteiger partial charge on any atom is 0.310 e. The third kappa shape index (κ3) is 4.46. The van der Waals surface area contributed by atoms with Crippen molar-refractivity contribution in [3.63, 3.8) is 0 Å². The molecular formula is C12H19N3O4S. The molecule has 0 radical (unpaired) electrons. The van der Waals surface area contributed by atoms with E-state index in [-0.39, 0.29) is 10.6 Å². The fraction of sp³-hybridized carbons (Fsp3) is 0.500. The van der Waals surface area contributed by atoms with Gasteiger partial charge in [-0.15, -0.1) is 0 Å². The molecule has 0 aliphatic heterocycles. The van der Waals surface area contributed by atoms with Crippen LogP contribution in [0.1, 0.15) is 13.3 Å². The first-order valence-corrected chi connectivity index (χ1v) is 8.19. The third-order valence-corrected chi connectivity index (χ3v) is 3.81. The lowest BCUT2D eigenvalue weighted by Gasteiger charge is -2.09. The molecule has 0 aromatic heterocycles. The molecule has 0 fully saturated rings. The van der Waals surface area contributed by atoms with Crippen molar-refractivity contribution in [1.29, 1.82) is 0 Å². The van der Waals surface area contributed by atoms with Gasteiger partial charge in [-0.05, 0) is 31.6 Å². The van der Waals surface area contributed by atoms with Crippen molar-refractivity contribution in [2.45, 2.75) is 18.2 Å². The van der Waals surface area contributed by atoms with Crippen LogP contribution in [0.4, 0.5) is 11.4 Å². The SMILES string of the molecule is CCNCCCNc1cccc(S(C)(=O)=O)c1[N+](=O)[O-]. The van der Waals surface area contributed by atoms with Crippen LogP contribution in [0.5, 0.6) is 0 Å². The summed E-state index contributed by atoms with van der Waals surface area (Å²) in [6.45, 7) is 4.18. The first kappa shape index (κ1) is 16.4. The van der Waals surface area contributed by atoms with Crippen molar-refractivity contribution in [2.24, 2.45) is 0 Å². The molecule has 7 nitrogen and oxygen atoms in total. The maximum absolute atomic E-state index is 11.6. The highest BCUT2D eigenvalue weighted by atomic mass is 32.2. The zero-order valence-electron chi connectivity index (χ0n) is 11.5. The van der Waals surface area contributed by atoms with Crippen molar-refractivity contribution < 1.29 is 13.3 Å². The summed E-state index contributed by atoms with van der Waals surface area (Å²) in [5.41, 5.74) is -0.159. The Bertz CT molecular complexity index is 572. The summed E-state index contributed by atoms with van der Waals surface area (Å²) in [6, 6.07) is 4.26. The van der Waals surface area contributed by atoms with E-state index < -0.39 is 20.4 Å². The van der Waals surface area contributed by atoms with Crippen molar-refractivity contribution in [2.75, 3.05) is 31.2 Å². The summed E-state index contributed by atoms with van der Waals surface area (Å²) in [4.78, 5) is 10.2. The van der Waals surface area contributed by atoms with Gasteiger partial charge >= 0.3 is 5.69 Å². The van der Waals surface area contributed by atoms with Crippen molar-refractivity contribution in [3.8, 4) is 0 Å². The van der Waals surface area contributed by atoms with Crippen LogP contribution in [-0.4, -0.2) is 39.2 Å². The molecule has 8 heteroatoms. The third-order valence-electron chi connectivity index (χ3n) is 2.68. The van der Waals surface area contributed by atoms with Gasteiger partial charge in [-0.2, -0.15) is 0 Å². The minimum absolute atomic E-state index is 0.231. The fourth-order valence-electron chi connectivity index (χ4n) is 1.77. The number of hydrogen-bond acceptors (Lipinski definition) is 6. The van der Waals surface area contributed by atoms with Gasteiger partial charge in [-0.1, -0.05) is 13.0 Å². The molecule has 1 aromatic carbocycles. The van der Waals surface area contributed by atoms with Crippen LogP contribution < -0.4 is 10.6 Å². The molecule has 0 amide bonds. The standard InChI is InChI=1S/C12H19N3O4S/c1-3-13-8-5-9-14-10-6-4-7-11(20(2,18)19)12(10)15(16)17/h4,6-7,13-14H,3,5,8-9H2,1-2H3.